The summed E-state index contributed by atoms with van der Waals surface area (Å²) in [4.78, 5) is 14.9. The summed E-state index contributed by atoms with van der Waals surface area (Å²) in [6, 6.07) is 3.24. The molecule has 5 nitrogen and oxygen atoms in total. The van der Waals surface area contributed by atoms with Gasteiger partial charge in [-0.15, -0.1) is 0 Å². The highest BCUT2D eigenvalue weighted by Gasteiger charge is 2.12. The van der Waals surface area contributed by atoms with Gasteiger partial charge in [-0.3, -0.25) is 10.1 Å². The van der Waals surface area contributed by atoms with Gasteiger partial charge in [-0.2, -0.15) is 5.10 Å². The molecule has 0 spiro atoms. The van der Waals surface area contributed by atoms with Crippen molar-refractivity contribution < 1.29 is 9.90 Å². The number of aromatic nitrogens is 3. The molecule has 88 valence electrons. The molecule has 0 amide bonds. The van der Waals surface area contributed by atoms with Crippen LogP contribution in [0.3, 0.4) is 0 Å². The Morgan fingerprint density at radius 2 is 2.12 bits per heavy atom. The molecular formula is C12H13N3O2. The fraction of sp³-hybridized carbons (Fsp3) is 0.250. The number of carbonyl (C=O) groups is 1. The van der Waals surface area contributed by atoms with Crippen molar-refractivity contribution >= 4 is 5.97 Å². The number of H-pyrrole nitrogens is 1. The lowest BCUT2D eigenvalue weighted by molar-refractivity contribution is 0.0696. The van der Waals surface area contributed by atoms with Gasteiger partial charge in [-0.1, -0.05) is 13.8 Å². The van der Waals surface area contributed by atoms with Crippen molar-refractivity contribution in [2.45, 2.75) is 19.8 Å². The fourth-order valence-corrected chi connectivity index (χ4v) is 1.62. The number of aromatic amines is 1. The van der Waals surface area contributed by atoms with Crippen LogP contribution in [0.4, 0.5) is 0 Å². The summed E-state index contributed by atoms with van der Waals surface area (Å²) in [5, 5.41) is 15.7. The maximum absolute atomic E-state index is 10.7. The first-order valence-corrected chi connectivity index (χ1v) is 5.32. The summed E-state index contributed by atoms with van der Waals surface area (Å²) in [5.74, 6) is -0.659. The van der Waals surface area contributed by atoms with Gasteiger partial charge in [-0.25, -0.2) is 4.79 Å². The predicted octanol–water partition coefficient (Wildman–Crippen LogP) is 2.29. The lowest BCUT2D eigenvalue weighted by atomic mass is 10.0. The second kappa shape index (κ2) is 4.37. The lowest BCUT2D eigenvalue weighted by Crippen LogP contribution is -1.98. The van der Waals surface area contributed by atoms with E-state index in [2.05, 4.69) is 29.0 Å². The smallest absolute Gasteiger partial charge is 0.337 e. The predicted molar refractivity (Wildman–Crippen MR) is 62.9 cm³/mol. The Balaban J connectivity index is 2.40. The van der Waals surface area contributed by atoms with Crippen molar-refractivity contribution in [1.29, 1.82) is 0 Å². The number of pyridine rings is 1. The zero-order chi connectivity index (χ0) is 12.4. The second-order valence-electron chi connectivity index (χ2n) is 4.09. The molecule has 2 aromatic rings. The number of hydrogen-bond donors (Lipinski definition) is 2. The molecule has 0 aliphatic heterocycles. The third-order valence-electron chi connectivity index (χ3n) is 2.53. The Bertz CT molecular complexity index is 529. The van der Waals surface area contributed by atoms with Gasteiger partial charge in [0.2, 0.25) is 0 Å². The van der Waals surface area contributed by atoms with E-state index in [1.54, 1.807) is 18.3 Å². The minimum Gasteiger partial charge on any atom is -0.478 e. The molecule has 0 saturated carbocycles. The molecule has 0 bridgehead atoms. The summed E-state index contributed by atoms with van der Waals surface area (Å²) in [6.45, 7) is 4.12. The van der Waals surface area contributed by atoms with Crippen LogP contribution in [0.5, 0.6) is 0 Å². The molecule has 0 unspecified atom stereocenters. The molecule has 0 aliphatic rings. The quantitative estimate of drug-likeness (QED) is 0.849. The first-order valence-electron chi connectivity index (χ1n) is 5.32. The van der Waals surface area contributed by atoms with Gasteiger partial charge in [0.1, 0.15) is 0 Å². The van der Waals surface area contributed by atoms with E-state index in [1.165, 1.54) is 6.20 Å². The van der Waals surface area contributed by atoms with E-state index in [-0.39, 0.29) is 5.56 Å². The van der Waals surface area contributed by atoms with Crippen molar-refractivity contribution in [3.05, 3.63) is 35.8 Å². The van der Waals surface area contributed by atoms with Crippen LogP contribution >= 0.6 is 0 Å². The summed E-state index contributed by atoms with van der Waals surface area (Å²) >= 11 is 0. The number of hydrogen-bond acceptors (Lipinski definition) is 3. The summed E-state index contributed by atoms with van der Waals surface area (Å²) < 4.78 is 0. The van der Waals surface area contributed by atoms with Crippen LogP contribution in [0.25, 0.3) is 11.3 Å². The molecule has 2 aromatic heterocycles. The first kappa shape index (κ1) is 11.3. The number of aromatic carboxylic acids is 1. The summed E-state index contributed by atoms with van der Waals surface area (Å²) in [7, 11) is 0. The molecule has 0 aromatic carbocycles. The SMILES string of the molecule is CC(C)c1[nH]ncc1-c1ccc(C(=O)O)cn1. The number of nitrogens with zero attached hydrogens (tertiary/aromatic N) is 2. The van der Waals surface area contributed by atoms with Crippen LogP contribution in [0.2, 0.25) is 0 Å². The average Bonchev–Trinajstić information content (AvgIpc) is 2.78. The average molecular weight is 231 g/mol. The molecule has 17 heavy (non-hydrogen) atoms. The van der Waals surface area contributed by atoms with Gasteiger partial charge >= 0.3 is 5.97 Å². The van der Waals surface area contributed by atoms with Gasteiger partial charge in [0, 0.05) is 17.5 Å². The number of carboxylic acid groups (broad SMARTS) is 1. The molecular weight excluding hydrogens is 218 g/mol. The monoisotopic (exact) mass is 231 g/mol. The molecule has 0 saturated heterocycles. The van der Waals surface area contributed by atoms with Crippen LogP contribution in [-0.2, 0) is 0 Å². The van der Waals surface area contributed by atoms with E-state index >= 15 is 0 Å². The summed E-state index contributed by atoms with van der Waals surface area (Å²) in [5.41, 5.74) is 2.83. The zero-order valence-electron chi connectivity index (χ0n) is 9.64. The van der Waals surface area contributed by atoms with Crippen LogP contribution in [0, 0.1) is 0 Å². The van der Waals surface area contributed by atoms with Gasteiger partial charge in [0.15, 0.2) is 0 Å². The van der Waals surface area contributed by atoms with E-state index in [0.29, 0.717) is 5.92 Å². The van der Waals surface area contributed by atoms with Crippen molar-refractivity contribution in [3.8, 4) is 11.3 Å². The minimum atomic E-state index is -0.972. The lowest BCUT2D eigenvalue weighted by Gasteiger charge is -2.05. The van der Waals surface area contributed by atoms with Gasteiger partial charge in [0.05, 0.1) is 17.5 Å². The third-order valence-corrected chi connectivity index (χ3v) is 2.53. The van der Waals surface area contributed by atoms with Crippen LogP contribution in [0.1, 0.15) is 35.8 Å². The molecule has 2 heterocycles. The maximum Gasteiger partial charge on any atom is 0.337 e. The second-order valence-corrected chi connectivity index (χ2v) is 4.09. The topological polar surface area (TPSA) is 78.9 Å². The molecule has 2 rings (SSSR count). The Morgan fingerprint density at radius 3 is 2.65 bits per heavy atom. The molecule has 0 aliphatic carbocycles. The van der Waals surface area contributed by atoms with Crippen LogP contribution in [0.15, 0.2) is 24.5 Å². The number of carboxylic acids is 1. The van der Waals surface area contributed by atoms with E-state index in [0.717, 1.165) is 17.0 Å². The highest BCUT2D eigenvalue weighted by Crippen LogP contribution is 2.25. The first-order chi connectivity index (χ1) is 8.09. The van der Waals surface area contributed by atoms with E-state index in [1.807, 2.05) is 0 Å². The largest absolute Gasteiger partial charge is 0.478 e. The number of nitrogens with one attached hydrogen (secondary N) is 1. The zero-order valence-corrected chi connectivity index (χ0v) is 9.64. The summed E-state index contributed by atoms with van der Waals surface area (Å²) in [6.07, 6.45) is 3.06. The Hall–Kier alpha value is -2.17. The Labute approximate surface area is 98.5 Å². The maximum atomic E-state index is 10.7. The van der Waals surface area contributed by atoms with Crippen molar-refractivity contribution in [2.75, 3.05) is 0 Å². The van der Waals surface area contributed by atoms with Crippen LogP contribution < -0.4 is 0 Å². The third kappa shape index (κ3) is 2.18. The Morgan fingerprint density at radius 1 is 1.35 bits per heavy atom. The molecule has 0 atom stereocenters. The fourth-order valence-electron chi connectivity index (χ4n) is 1.62. The van der Waals surface area contributed by atoms with Crippen LogP contribution in [-0.4, -0.2) is 26.3 Å². The Kier molecular flexibility index (Phi) is 2.91. The highest BCUT2D eigenvalue weighted by molar-refractivity contribution is 5.87. The van der Waals surface area contributed by atoms with Crippen molar-refractivity contribution in [1.82, 2.24) is 15.2 Å². The van der Waals surface area contributed by atoms with Crippen molar-refractivity contribution in [3.63, 3.8) is 0 Å². The van der Waals surface area contributed by atoms with Gasteiger partial charge in [0.25, 0.3) is 0 Å². The normalized spacial score (nSPS) is 10.8. The standard InChI is InChI=1S/C12H13N3O2/c1-7(2)11-9(6-14-15-11)10-4-3-8(5-13-10)12(16)17/h3-7H,1-2H3,(H,14,15)(H,16,17). The van der Waals surface area contributed by atoms with E-state index < -0.39 is 5.97 Å². The van der Waals surface area contributed by atoms with E-state index in [4.69, 9.17) is 5.11 Å². The number of rotatable bonds is 3. The van der Waals surface area contributed by atoms with Gasteiger partial charge in [-0.05, 0) is 18.1 Å². The molecule has 2 N–H and O–H groups in total. The molecule has 5 heteroatoms. The van der Waals surface area contributed by atoms with Crippen molar-refractivity contribution in [2.24, 2.45) is 0 Å². The molecule has 0 radical (unpaired) electrons. The van der Waals surface area contributed by atoms with E-state index in [9.17, 15) is 4.79 Å². The highest BCUT2D eigenvalue weighted by atomic mass is 16.4. The van der Waals surface area contributed by atoms with Gasteiger partial charge < -0.3 is 5.11 Å². The molecule has 0 fully saturated rings. The minimum absolute atomic E-state index is 0.184.